The Kier molecular flexibility index (Phi) is 4.93. The van der Waals surface area contributed by atoms with E-state index in [0.717, 1.165) is 28.4 Å². The third-order valence-corrected chi connectivity index (χ3v) is 4.03. The highest BCUT2D eigenvalue weighted by atomic mass is 35.5. The Labute approximate surface area is 119 Å². The van der Waals surface area contributed by atoms with Gasteiger partial charge in [-0.2, -0.15) is 0 Å². The van der Waals surface area contributed by atoms with Crippen LogP contribution in [0.2, 0.25) is 5.02 Å². The summed E-state index contributed by atoms with van der Waals surface area (Å²) >= 11 is 7.61. The lowest BCUT2D eigenvalue weighted by Crippen LogP contribution is -1.98. The quantitative estimate of drug-likeness (QED) is 0.798. The van der Waals surface area contributed by atoms with Crippen molar-refractivity contribution < 1.29 is 9.90 Å². The van der Waals surface area contributed by atoms with Crippen molar-refractivity contribution >= 4 is 28.9 Å². The van der Waals surface area contributed by atoms with Crippen molar-refractivity contribution in [1.29, 1.82) is 0 Å². The monoisotopic (exact) mass is 299 g/mol. The Bertz CT molecular complexity index is 553. The lowest BCUT2D eigenvalue weighted by atomic mass is 10.1. The van der Waals surface area contributed by atoms with Crippen LogP contribution in [0.4, 0.5) is 0 Å². The zero-order valence-electron chi connectivity index (χ0n) is 10.3. The van der Waals surface area contributed by atoms with Crippen molar-refractivity contribution in [2.24, 2.45) is 0 Å². The number of carboxylic acids is 1. The highest BCUT2D eigenvalue weighted by molar-refractivity contribution is 7.10. The number of aromatic nitrogens is 3. The molecule has 0 aliphatic carbocycles. The van der Waals surface area contributed by atoms with Crippen molar-refractivity contribution in [2.45, 2.75) is 32.2 Å². The number of thiophene rings is 1. The maximum absolute atomic E-state index is 10.4. The summed E-state index contributed by atoms with van der Waals surface area (Å²) in [5.41, 5.74) is 0.887. The molecule has 0 bridgehead atoms. The molecule has 0 fully saturated rings. The molecule has 2 rings (SSSR count). The molecule has 19 heavy (non-hydrogen) atoms. The van der Waals surface area contributed by atoms with Gasteiger partial charge in [-0.05, 0) is 30.7 Å². The predicted octanol–water partition coefficient (Wildman–Crippen LogP) is 2.84. The molecule has 0 spiro atoms. The van der Waals surface area contributed by atoms with E-state index in [0.29, 0.717) is 13.0 Å². The molecule has 2 aromatic rings. The number of nitrogens with zero attached hydrogens (tertiary/aromatic N) is 3. The van der Waals surface area contributed by atoms with Crippen LogP contribution in [0, 0.1) is 0 Å². The molecule has 0 atom stereocenters. The van der Waals surface area contributed by atoms with Gasteiger partial charge < -0.3 is 5.11 Å². The van der Waals surface area contributed by atoms with Crippen molar-refractivity contribution in [2.75, 3.05) is 0 Å². The molecule has 5 nitrogen and oxygen atoms in total. The largest absolute Gasteiger partial charge is 0.481 e. The summed E-state index contributed by atoms with van der Waals surface area (Å²) in [5.74, 6) is -0.754. The summed E-state index contributed by atoms with van der Waals surface area (Å²) in [7, 11) is 0. The highest BCUT2D eigenvalue weighted by Gasteiger charge is 2.06. The van der Waals surface area contributed by atoms with Gasteiger partial charge in [0.25, 0.3) is 0 Å². The Morgan fingerprint density at radius 3 is 3.00 bits per heavy atom. The van der Waals surface area contributed by atoms with Gasteiger partial charge in [0.15, 0.2) is 0 Å². The minimum Gasteiger partial charge on any atom is -0.481 e. The lowest BCUT2D eigenvalue weighted by Gasteiger charge is -1.97. The van der Waals surface area contributed by atoms with Gasteiger partial charge in [0.2, 0.25) is 0 Å². The predicted molar refractivity (Wildman–Crippen MR) is 73.6 cm³/mol. The Morgan fingerprint density at radius 1 is 1.47 bits per heavy atom. The van der Waals surface area contributed by atoms with E-state index in [1.807, 2.05) is 17.6 Å². The second-order valence-electron chi connectivity index (χ2n) is 4.20. The van der Waals surface area contributed by atoms with Crippen LogP contribution in [0.3, 0.4) is 0 Å². The maximum atomic E-state index is 10.4. The number of unbranched alkanes of at least 4 members (excludes halogenated alkanes) is 1. The maximum Gasteiger partial charge on any atom is 0.303 e. The van der Waals surface area contributed by atoms with Gasteiger partial charge in [-0.15, -0.1) is 16.4 Å². The second-order valence-corrected chi connectivity index (χ2v) is 5.61. The van der Waals surface area contributed by atoms with Gasteiger partial charge in [0.1, 0.15) is 0 Å². The van der Waals surface area contributed by atoms with Crippen molar-refractivity contribution in [1.82, 2.24) is 15.0 Å². The van der Waals surface area contributed by atoms with Crippen LogP contribution >= 0.6 is 22.9 Å². The first-order chi connectivity index (χ1) is 9.15. The van der Waals surface area contributed by atoms with Crippen LogP contribution in [0.25, 0.3) is 0 Å². The zero-order chi connectivity index (χ0) is 13.7. The molecular formula is C12H14ClN3O2S. The average molecular weight is 300 g/mol. The minimum atomic E-state index is -0.754. The molecule has 1 N–H and O–H groups in total. The first-order valence-electron chi connectivity index (χ1n) is 5.98. The summed E-state index contributed by atoms with van der Waals surface area (Å²) < 4.78 is 1.75. The lowest BCUT2D eigenvalue weighted by molar-refractivity contribution is -0.137. The molecule has 0 aliphatic heterocycles. The van der Waals surface area contributed by atoms with Gasteiger partial charge in [0.05, 0.1) is 17.3 Å². The summed E-state index contributed by atoms with van der Waals surface area (Å²) in [4.78, 5) is 11.4. The first kappa shape index (κ1) is 14.0. The van der Waals surface area contributed by atoms with E-state index in [-0.39, 0.29) is 6.42 Å². The number of aryl methyl sites for hydroxylation is 1. The summed E-state index contributed by atoms with van der Waals surface area (Å²) in [6.07, 6.45) is 4.32. The minimum absolute atomic E-state index is 0.207. The standard InChI is InChI=1S/C12H14ClN3O2S/c13-10-5-6-19-11(10)8-16-7-9(14-15-16)3-1-2-4-12(17)18/h5-7H,1-4,8H2,(H,17,18). The van der Waals surface area contributed by atoms with E-state index < -0.39 is 5.97 Å². The molecule has 2 aromatic heterocycles. The molecule has 0 saturated carbocycles. The number of rotatable bonds is 7. The number of carboxylic acid groups (broad SMARTS) is 1. The second kappa shape index (κ2) is 6.68. The van der Waals surface area contributed by atoms with E-state index >= 15 is 0 Å². The number of hydrogen-bond donors (Lipinski definition) is 1. The number of hydrogen-bond acceptors (Lipinski definition) is 4. The van der Waals surface area contributed by atoms with Gasteiger partial charge in [-0.3, -0.25) is 4.79 Å². The average Bonchev–Trinajstić information content (AvgIpc) is 2.96. The fourth-order valence-electron chi connectivity index (χ4n) is 1.70. The third kappa shape index (κ3) is 4.33. The van der Waals surface area contributed by atoms with E-state index in [1.165, 1.54) is 0 Å². The molecule has 0 amide bonds. The Balaban J connectivity index is 1.82. The van der Waals surface area contributed by atoms with Crippen LogP contribution in [0.1, 0.15) is 29.8 Å². The van der Waals surface area contributed by atoms with Crippen molar-refractivity contribution in [3.05, 3.63) is 33.2 Å². The van der Waals surface area contributed by atoms with Crippen LogP contribution in [0.5, 0.6) is 0 Å². The van der Waals surface area contributed by atoms with E-state index in [9.17, 15) is 4.79 Å². The van der Waals surface area contributed by atoms with Gasteiger partial charge in [-0.1, -0.05) is 16.8 Å². The van der Waals surface area contributed by atoms with Crippen LogP contribution in [-0.2, 0) is 17.8 Å². The van der Waals surface area contributed by atoms with Gasteiger partial charge in [0, 0.05) is 17.5 Å². The molecule has 102 valence electrons. The fourth-order valence-corrected chi connectivity index (χ4v) is 2.78. The molecule has 7 heteroatoms. The fraction of sp³-hybridized carbons (Fsp3) is 0.417. The molecule has 0 saturated heterocycles. The normalized spacial score (nSPS) is 10.8. The zero-order valence-corrected chi connectivity index (χ0v) is 11.8. The van der Waals surface area contributed by atoms with Crippen LogP contribution < -0.4 is 0 Å². The Hall–Kier alpha value is -1.40. The Morgan fingerprint density at radius 2 is 2.32 bits per heavy atom. The van der Waals surface area contributed by atoms with E-state index in [1.54, 1.807) is 16.0 Å². The summed E-state index contributed by atoms with van der Waals surface area (Å²) in [6, 6.07) is 1.87. The smallest absolute Gasteiger partial charge is 0.303 e. The van der Waals surface area contributed by atoms with Gasteiger partial charge >= 0.3 is 5.97 Å². The SMILES string of the molecule is O=C(O)CCCCc1cn(Cc2sccc2Cl)nn1. The van der Waals surface area contributed by atoms with Crippen LogP contribution in [0.15, 0.2) is 17.6 Å². The van der Waals surface area contributed by atoms with Crippen LogP contribution in [-0.4, -0.2) is 26.1 Å². The van der Waals surface area contributed by atoms with Crippen molar-refractivity contribution in [3.63, 3.8) is 0 Å². The van der Waals surface area contributed by atoms with Crippen molar-refractivity contribution in [3.8, 4) is 0 Å². The molecule has 0 unspecified atom stereocenters. The van der Waals surface area contributed by atoms with Gasteiger partial charge in [-0.25, -0.2) is 4.68 Å². The molecule has 0 aliphatic rings. The topological polar surface area (TPSA) is 68.0 Å². The number of halogens is 1. The first-order valence-corrected chi connectivity index (χ1v) is 7.23. The molecule has 0 aromatic carbocycles. The molecule has 2 heterocycles. The summed E-state index contributed by atoms with van der Waals surface area (Å²) in [5, 5.41) is 19.4. The summed E-state index contributed by atoms with van der Waals surface area (Å²) in [6.45, 7) is 0.624. The highest BCUT2D eigenvalue weighted by Crippen LogP contribution is 2.22. The van der Waals surface area contributed by atoms with E-state index in [2.05, 4.69) is 10.3 Å². The molecule has 0 radical (unpaired) electrons. The molecular weight excluding hydrogens is 286 g/mol. The van der Waals surface area contributed by atoms with E-state index in [4.69, 9.17) is 16.7 Å². The third-order valence-electron chi connectivity index (χ3n) is 2.66. The number of carbonyl (C=O) groups is 1. The number of aliphatic carboxylic acids is 1.